The molecule has 0 unspecified atom stereocenters. The summed E-state index contributed by atoms with van der Waals surface area (Å²) in [6.07, 6.45) is 0. The van der Waals surface area contributed by atoms with E-state index in [0.717, 1.165) is 0 Å². The molecule has 0 aliphatic heterocycles. The molecule has 3 rings (SSSR count). The maximum absolute atomic E-state index is 12.8. The molecule has 0 bridgehead atoms. The molecule has 0 saturated heterocycles. The van der Waals surface area contributed by atoms with E-state index in [1.165, 1.54) is 4.68 Å². The summed E-state index contributed by atoms with van der Waals surface area (Å²) in [6, 6.07) is 11.9. The molecular weight excluding hydrogens is 308 g/mol. The smallest absolute Gasteiger partial charge is 0.277 e. The highest BCUT2D eigenvalue weighted by atomic mass is 16.5. The molecular formula is C18H18N2O4. The Morgan fingerprint density at radius 2 is 1.67 bits per heavy atom. The first-order valence-corrected chi connectivity index (χ1v) is 7.79. The molecule has 0 radical (unpaired) electrons. The predicted molar refractivity (Wildman–Crippen MR) is 92.5 cm³/mol. The van der Waals surface area contributed by atoms with Crippen LogP contribution in [0.15, 0.2) is 52.1 Å². The van der Waals surface area contributed by atoms with Crippen molar-refractivity contribution in [1.82, 2.24) is 9.78 Å². The third-order valence-electron chi connectivity index (χ3n) is 3.60. The van der Waals surface area contributed by atoms with Crippen molar-refractivity contribution in [2.45, 2.75) is 13.8 Å². The van der Waals surface area contributed by atoms with Crippen molar-refractivity contribution in [1.29, 1.82) is 0 Å². The maximum atomic E-state index is 12.8. The van der Waals surface area contributed by atoms with Gasteiger partial charge < -0.3 is 9.47 Å². The molecule has 124 valence electrons. The maximum Gasteiger partial charge on any atom is 0.277 e. The van der Waals surface area contributed by atoms with Crippen LogP contribution in [0.25, 0.3) is 16.5 Å². The van der Waals surface area contributed by atoms with Gasteiger partial charge in [0.15, 0.2) is 0 Å². The van der Waals surface area contributed by atoms with Gasteiger partial charge in [0.1, 0.15) is 17.2 Å². The predicted octanol–water partition coefficient (Wildman–Crippen LogP) is 2.48. The van der Waals surface area contributed by atoms with Crippen LogP contribution >= 0.6 is 0 Å². The van der Waals surface area contributed by atoms with Crippen molar-refractivity contribution in [2.75, 3.05) is 13.2 Å². The first kappa shape index (κ1) is 15.9. The van der Waals surface area contributed by atoms with Crippen LogP contribution in [0.3, 0.4) is 0 Å². The van der Waals surface area contributed by atoms with E-state index in [2.05, 4.69) is 5.10 Å². The van der Waals surface area contributed by atoms with E-state index >= 15 is 0 Å². The quantitative estimate of drug-likeness (QED) is 0.782. The Morgan fingerprint density at radius 3 is 2.38 bits per heavy atom. The molecule has 6 heteroatoms. The summed E-state index contributed by atoms with van der Waals surface area (Å²) < 4.78 is 12.3. The summed E-state index contributed by atoms with van der Waals surface area (Å²) in [5.74, 6) is 1.09. The van der Waals surface area contributed by atoms with Gasteiger partial charge in [0.25, 0.3) is 11.1 Å². The fraction of sp³-hybridized carbons (Fsp3) is 0.222. The lowest BCUT2D eigenvalue weighted by molar-refractivity contribution is 0.328. The van der Waals surface area contributed by atoms with Gasteiger partial charge >= 0.3 is 0 Å². The molecule has 6 nitrogen and oxygen atoms in total. The molecule has 1 N–H and O–H groups in total. The zero-order valence-electron chi connectivity index (χ0n) is 13.5. The van der Waals surface area contributed by atoms with Crippen molar-refractivity contribution in [3.05, 3.63) is 63.2 Å². The van der Waals surface area contributed by atoms with E-state index in [4.69, 9.17) is 9.47 Å². The van der Waals surface area contributed by atoms with Gasteiger partial charge in [-0.25, -0.2) is 4.68 Å². The minimum atomic E-state index is -0.338. The zero-order valence-corrected chi connectivity index (χ0v) is 13.5. The molecule has 0 amide bonds. The van der Waals surface area contributed by atoms with Crippen LogP contribution in [-0.4, -0.2) is 23.0 Å². The number of aromatic amines is 1. The number of ether oxygens (including phenoxy) is 2. The van der Waals surface area contributed by atoms with Gasteiger partial charge in [-0.15, -0.1) is 0 Å². The molecule has 0 aliphatic rings. The zero-order chi connectivity index (χ0) is 17.1. The summed E-state index contributed by atoms with van der Waals surface area (Å²) in [5.41, 5.74) is -0.218. The van der Waals surface area contributed by atoms with Crippen molar-refractivity contribution >= 4 is 10.8 Å². The Balaban J connectivity index is 2.30. The number of fused-ring (bicyclic) bond motifs is 1. The molecule has 24 heavy (non-hydrogen) atoms. The van der Waals surface area contributed by atoms with Crippen molar-refractivity contribution in [2.24, 2.45) is 0 Å². The van der Waals surface area contributed by atoms with Gasteiger partial charge in [-0.2, -0.15) is 0 Å². The standard InChI is InChI=1S/C18H18N2O4/c1-3-23-12-9-10-16(24-4-2)15(11-12)20-18(22)14-8-6-5-7-13(14)17(21)19-20/h5-11H,3-4H2,1-2H3,(H,19,21). The van der Waals surface area contributed by atoms with E-state index < -0.39 is 0 Å². The van der Waals surface area contributed by atoms with Crippen LogP contribution in [0.2, 0.25) is 0 Å². The SMILES string of the molecule is CCOc1ccc(OCC)c(-n2[nH]c(=O)c3ccccc3c2=O)c1. The molecule has 0 saturated carbocycles. The monoisotopic (exact) mass is 326 g/mol. The van der Waals surface area contributed by atoms with Gasteiger partial charge in [-0.3, -0.25) is 14.7 Å². The second kappa shape index (κ2) is 6.62. The van der Waals surface area contributed by atoms with Gasteiger partial charge in [0.2, 0.25) is 0 Å². The number of nitrogens with zero attached hydrogens (tertiary/aromatic N) is 1. The Bertz CT molecular complexity index is 988. The highest BCUT2D eigenvalue weighted by Gasteiger charge is 2.13. The fourth-order valence-corrected chi connectivity index (χ4v) is 2.58. The molecule has 1 aromatic heterocycles. The number of aromatic nitrogens is 2. The first-order valence-electron chi connectivity index (χ1n) is 7.79. The minimum Gasteiger partial charge on any atom is -0.494 e. The molecule has 1 heterocycles. The molecule has 3 aromatic rings. The van der Waals surface area contributed by atoms with Crippen molar-refractivity contribution in [3.8, 4) is 17.2 Å². The molecule has 0 aliphatic carbocycles. The van der Waals surface area contributed by atoms with Crippen LogP contribution in [0, 0.1) is 0 Å². The van der Waals surface area contributed by atoms with E-state index in [1.807, 2.05) is 13.8 Å². The molecule has 2 aromatic carbocycles. The Labute approximate surface area is 138 Å². The van der Waals surface area contributed by atoms with E-state index in [1.54, 1.807) is 42.5 Å². The average molecular weight is 326 g/mol. The summed E-state index contributed by atoms with van der Waals surface area (Å²) in [6.45, 7) is 4.66. The third kappa shape index (κ3) is 2.78. The van der Waals surface area contributed by atoms with Gasteiger partial charge in [0, 0.05) is 6.07 Å². The number of benzene rings is 2. The summed E-state index contributed by atoms with van der Waals surface area (Å²) in [5, 5.41) is 3.33. The molecule has 0 spiro atoms. The highest BCUT2D eigenvalue weighted by molar-refractivity contribution is 5.80. The summed E-state index contributed by atoms with van der Waals surface area (Å²) >= 11 is 0. The number of nitrogens with one attached hydrogen (secondary N) is 1. The van der Waals surface area contributed by atoms with Gasteiger partial charge in [-0.05, 0) is 38.1 Å². The summed E-state index contributed by atoms with van der Waals surface area (Å²) in [7, 11) is 0. The molecule has 0 atom stereocenters. The van der Waals surface area contributed by atoms with Crippen LogP contribution in [0.4, 0.5) is 0 Å². The highest BCUT2D eigenvalue weighted by Crippen LogP contribution is 2.26. The second-order valence-corrected chi connectivity index (χ2v) is 5.12. The summed E-state index contributed by atoms with van der Waals surface area (Å²) in [4.78, 5) is 25.1. The normalized spacial score (nSPS) is 10.8. The van der Waals surface area contributed by atoms with E-state index in [9.17, 15) is 9.59 Å². The van der Waals surface area contributed by atoms with E-state index in [0.29, 0.717) is 41.2 Å². The van der Waals surface area contributed by atoms with E-state index in [-0.39, 0.29) is 11.1 Å². The topological polar surface area (TPSA) is 73.3 Å². The second-order valence-electron chi connectivity index (χ2n) is 5.12. The van der Waals surface area contributed by atoms with Gasteiger partial charge in [-0.1, -0.05) is 12.1 Å². The fourth-order valence-electron chi connectivity index (χ4n) is 2.58. The minimum absolute atomic E-state index is 0.320. The van der Waals surface area contributed by atoms with Crippen LogP contribution in [0.1, 0.15) is 13.8 Å². The van der Waals surface area contributed by atoms with Crippen LogP contribution in [-0.2, 0) is 0 Å². The number of rotatable bonds is 5. The van der Waals surface area contributed by atoms with Crippen LogP contribution < -0.4 is 20.6 Å². The Hall–Kier alpha value is -3.02. The van der Waals surface area contributed by atoms with Gasteiger partial charge in [0.05, 0.1) is 24.0 Å². The largest absolute Gasteiger partial charge is 0.494 e. The third-order valence-corrected chi connectivity index (χ3v) is 3.60. The van der Waals surface area contributed by atoms with Crippen molar-refractivity contribution < 1.29 is 9.47 Å². The number of hydrogen-bond donors (Lipinski definition) is 1. The van der Waals surface area contributed by atoms with Crippen LogP contribution in [0.5, 0.6) is 11.5 Å². The first-order chi connectivity index (χ1) is 11.7. The Morgan fingerprint density at radius 1 is 0.958 bits per heavy atom. The Kier molecular flexibility index (Phi) is 4.37. The van der Waals surface area contributed by atoms with Crippen molar-refractivity contribution in [3.63, 3.8) is 0 Å². The number of hydrogen-bond acceptors (Lipinski definition) is 4. The average Bonchev–Trinajstić information content (AvgIpc) is 2.60. The lowest BCUT2D eigenvalue weighted by atomic mass is 10.2. The lowest BCUT2D eigenvalue weighted by Gasteiger charge is -2.14. The lowest BCUT2D eigenvalue weighted by Crippen LogP contribution is -2.28. The number of H-pyrrole nitrogens is 1. The molecule has 0 fully saturated rings.